The van der Waals surface area contributed by atoms with Crippen molar-refractivity contribution in [1.82, 2.24) is 20.5 Å². The van der Waals surface area contributed by atoms with Crippen LogP contribution in [0.2, 0.25) is 0 Å². The van der Waals surface area contributed by atoms with Crippen molar-refractivity contribution in [2.24, 2.45) is 0 Å². The van der Waals surface area contributed by atoms with E-state index in [0.29, 0.717) is 16.6 Å². The summed E-state index contributed by atoms with van der Waals surface area (Å²) in [5.41, 5.74) is -1.20. The maximum absolute atomic E-state index is 13.9. The normalized spacial score (nSPS) is 16.5. The van der Waals surface area contributed by atoms with Crippen molar-refractivity contribution in [2.45, 2.75) is 12.1 Å². The van der Waals surface area contributed by atoms with Crippen LogP contribution in [-0.4, -0.2) is 27.6 Å². The van der Waals surface area contributed by atoms with Crippen molar-refractivity contribution in [3.05, 3.63) is 70.7 Å². The molecule has 1 aliphatic heterocycles. The molecule has 0 aliphatic carbocycles. The second-order valence-electron chi connectivity index (χ2n) is 6.69. The molecule has 1 aromatic carbocycles. The molecule has 0 fully saturated rings. The minimum Gasteiger partial charge on any atom is -0.441 e. The molecule has 3 aromatic rings. The second-order valence-corrected chi connectivity index (χ2v) is 6.69. The van der Waals surface area contributed by atoms with Gasteiger partial charge in [-0.15, -0.1) is 0 Å². The largest absolute Gasteiger partial charge is 0.441 e. The summed E-state index contributed by atoms with van der Waals surface area (Å²) < 4.78 is 47.0. The summed E-state index contributed by atoms with van der Waals surface area (Å²) in [5.74, 6) is -1.56. The number of allylic oxidation sites excluding steroid dienone is 3. The number of fused-ring (bicyclic) bond motifs is 1. The van der Waals surface area contributed by atoms with Gasteiger partial charge in [-0.1, -0.05) is 12.6 Å². The van der Waals surface area contributed by atoms with Crippen LogP contribution in [0.5, 0.6) is 0 Å². The smallest absolute Gasteiger partial charge is 0.432 e. The number of alkyl halides is 3. The first-order valence-corrected chi connectivity index (χ1v) is 9.01. The summed E-state index contributed by atoms with van der Waals surface area (Å²) in [6.45, 7) is 3.66. The number of benzene rings is 1. The van der Waals surface area contributed by atoms with Gasteiger partial charge in [0.1, 0.15) is 11.4 Å². The second kappa shape index (κ2) is 7.56. The Hall–Kier alpha value is -4.64. The molecular weight excluding hydrogens is 423 g/mol. The van der Waals surface area contributed by atoms with Gasteiger partial charge < -0.3 is 15.1 Å². The number of rotatable bonds is 4. The van der Waals surface area contributed by atoms with E-state index < -0.39 is 23.4 Å². The third-order valence-corrected chi connectivity index (χ3v) is 4.99. The molecule has 0 amide bonds. The third-order valence-electron chi connectivity index (χ3n) is 4.99. The van der Waals surface area contributed by atoms with Gasteiger partial charge in [-0.05, 0) is 23.8 Å². The highest BCUT2D eigenvalue weighted by molar-refractivity contribution is 5.89. The van der Waals surface area contributed by atoms with Crippen LogP contribution in [0.25, 0.3) is 22.7 Å². The number of nitrogens with one attached hydrogen (secondary N) is 3. The Bertz CT molecular complexity index is 1410. The number of aromatic nitrogens is 3. The van der Waals surface area contributed by atoms with Crippen LogP contribution in [0, 0.1) is 28.1 Å². The first kappa shape index (κ1) is 20.6. The summed E-state index contributed by atoms with van der Waals surface area (Å²) in [4.78, 5) is 3.78. The molecule has 4 rings (SSSR count). The molecule has 158 valence electrons. The highest BCUT2D eigenvalue weighted by Gasteiger charge is 2.45. The molecular formula is C21H12F3N7O. The lowest BCUT2D eigenvalue weighted by Crippen LogP contribution is -2.33. The zero-order valence-electron chi connectivity index (χ0n) is 16.1. The van der Waals surface area contributed by atoms with E-state index in [1.54, 1.807) is 18.2 Å². The maximum Gasteiger partial charge on any atom is 0.432 e. The monoisotopic (exact) mass is 435 g/mol. The van der Waals surface area contributed by atoms with Crippen LogP contribution in [0.1, 0.15) is 28.6 Å². The maximum atomic E-state index is 13.9. The molecule has 0 saturated heterocycles. The molecule has 0 saturated carbocycles. The van der Waals surface area contributed by atoms with Gasteiger partial charge >= 0.3 is 6.18 Å². The quantitative estimate of drug-likeness (QED) is 0.526. The fourth-order valence-electron chi connectivity index (χ4n) is 3.60. The SMILES string of the molecule is C=Cc1n[nH]c2ccc(C3C(C#N)=C(c4ocnc4C=N)NC(C(F)(F)F)=C3C#N)cc12. The van der Waals surface area contributed by atoms with E-state index >= 15 is 0 Å². The molecule has 2 aromatic heterocycles. The van der Waals surface area contributed by atoms with E-state index in [0.717, 1.165) is 12.6 Å². The lowest BCUT2D eigenvalue weighted by atomic mass is 9.80. The molecule has 32 heavy (non-hydrogen) atoms. The van der Waals surface area contributed by atoms with Gasteiger partial charge in [0, 0.05) is 11.6 Å². The summed E-state index contributed by atoms with van der Waals surface area (Å²) in [6, 6.07) is 8.20. The van der Waals surface area contributed by atoms with E-state index in [1.807, 2.05) is 6.07 Å². The molecule has 3 N–H and O–H groups in total. The van der Waals surface area contributed by atoms with Crippen LogP contribution < -0.4 is 5.32 Å². The van der Waals surface area contributed by atoms with Crippen LogP contribution in [0.4, 0.5) is 13.2 Å². The van der Waals surface area contributed by atoms with Crippen molar-refractivity contribution in [3.8, 4) is 12.1 Å². The van der Waals surface area contributed by atoms with Crippen LogP contribution in [-0.2, 0) is 0 Å². The molecule has 8 nitrogen and oxygen atoms in total. The van der Waals surface area contributed by atoms with Crippen molar-refractivity contribution in [2.75, 3.05) is 0 Å². The number of nitriles is 2. The number of dihydropyridines is 1. The van der Waals surface area contributed by atoms with E-state index in [1.165, 1.54) is 12.1 Å². The number of oxazole rings is 1. The molecule has 0 radical (unpaired) electrons. The van der Waals surface area contributed by atoms with Gasteiger partial charge in [0.2, 0.25) is 0 Å². The Balaban J connectivity index is 2.05. The minimum atomic E-state index is -4.92. The fourth-order valence-corrected chi connectivity index (χ4v) is 3.60. The zero-order valence-corrected chi connectivity index (χ0v) is 16.1. The molecule has 1 aliphatic rings. The third kappa shape index (κ3) is 3.13. The van der Waals surface area contributed by atoms with Gasteiger partial charge in [-0.3, -0.25) is 5.10 Å². The number of hydrogen-bond acceptors (Lipinski definition) is 7. The van der Waals surface area contributed by atoms with E-state index in [4.69, 9.17) is 9.83 Å². The summed E-state index contributed by atoms with van der Waals surface area (Å²) in [7, 11) is 0. The Morgan fingerprint density at radius 3 is 2.56 bits per heavy atom. The molecule has 0 spiro atoms. The van der Waals surface area contributed by atoms with Crippen molar-refractivity contribution in [1.29, 1.82) is 15.9 Å². The van der Waals surface area contributed by atoms with Crippen molar-refractivity contribution in [3.63, 3.8) is 0 Å². The lowest BCUT2D eigenvalue weighted by molar-refractivity contribution is -0.0962. The first-order valence-electron chi connectivity index (χ1n) is 9.01. The average Bonchev–Trinajstić information content (AvgIpc) is 3.42. The number of aromatic amines is 1. The molecule has 11 heteroatoms. The molecule has 1 atom stereocenters. The summed E-state index contributed by atoms with van der Waals surface area (Å²) >= 11 is 0. The number of hydrogen-bond donors (Lipinski definition) is 3. The molecule has 1 unspecified atom stereocenters. The predicted molar refractivity (Wildman–Crippen MR) is 108 cm³/mol. The zero-order chi connectivity index (χ0) is 23.0. The standard InChI is InChI=1S/C21H12F3N7O/c1-2-14-11-5-10(3-4-15(11)31-30-14)17-12(6-25)18(19-16(8-27)28-9-32-19)29-20(13(17)7-26)21(22,23)24/h2-5,8-9,17,27,29H,1H2,(H,30,31). The topological polar surface area (TPSA) is 138 Å². The predicted octanol–water partition coefficient (Wildman–Crippen LogP) is 4.15. The number of halogens is 3. The minimum absolute atomic E-state index is 0.0693. The highest BCUT2D eigenvalue weighted by Crippen LogP contribution is 2.44. The van der Waals surface area contributed by atoms with Crippen LogP contribution in [0.3, 0.4) is 0 Å². The average molecular weight is 435 g/mol. The summed E-state index contributed by atoms with van der Waals surface area (Å²) in [5, 5.41) is 36.6. The van der Waals surface area contributed by atoms with Gasteiger partial charge in [0.25, 0.3) is 0 Å². The number of H-pyrrole nitrogens is 1. The number of nitrogens with zero attached hydrogens (tertiary/aromatic N) is 4. The Kier molecular flexibility index (Phi) is 4.87. The molecule has 3 heterocycles. The Labute approximate surface area is 178 Å². The van der Waals surface area contributed by atoms with Gasteiger partial charge in [0.15, 0.2) is 12.2 Å². The van der Waals surface area contributed by atoms with E-state index in [2.05, 4.69) is 27.1 Å². The van der Waals surface area contributed by atoms with Gasteiger partial charge in [0.05, 0.1) is 46.1 Å². The van der Waals surface area contributed by atoms with E-state index in [9.17, 15) is 23.7 Å². The highest BCUT2D eigenvalue weighted by atomic mass is 19.4. The van der Waals surface area contributed by atoms with Crippen LogP contribution >= 0.6 is 0 Å². The Morgan fingerprint density at radius 1 is 1.19 bits per heavy atom. The van der Waals surface area contributed by atoms with E-state index in [-0.39, 0.29) is 28.3 Å². The first-order chi connectivity index (χ1) is 15.3. The van der Waals surface area contributed by atoms with Gasteiger partial charge in [-0.25, -0.2) is 4.98 Å². The van der Waals surface area contributed by atoms with Crippen molar-refractivity contribution < 1.29 is 17.6 Å². The Morgan fingerprint density at radius 2 is 1.94 bits per heavy atom. The van der Waals surface area contributed by atoms with Crippen LogP contribution in [0.15, 0.2) is 52.4 Å². The van der Waals surface area contributed by atoms with Crippen molar-refractivity contribution >= 4 is 28.9 Å². The van der Waals surface area contributed by atoms with Gasteiger partial charge in [-0.2, -0.15) is 28.8 Å². The lowest BCUT2D eigenvalue weighted by Gasteiger charge is -2.29. The molecule has 0 bridgehead atoms. The fraction of sp³-hybridized carbons (Fsp3) is 0.0952. The summed E-state index contributed by atoms with van der Waals surface area (Å²) in [6.07, 6.45) is -1.70.